The summed E-state index contributed by atoms with van der Waals surface area (Å²) in [5.41, 5.74) is 7.57. The van der Waals surface area contributed by atoms with Crippen molar-refractivity contribution in [2.75, 3.05) is 0 Å². The second-order valence-electron chi connectivity index (χ2n) is 6.94. The van der Waals surface area contributed by atoms with Gasteiger partial charge in [-0.25, -0.2) is 15.0 Å². The summed E-state index contributed by atoms with van der Waals surface area (Å²) in [6.45, 7) is 3.43. The molecule has 0 bridgehead atoms. The lowest BCUT2D eigenvalue weighted by Gasteiger charge is -2.30. The summed E-state index contributed by atoms with van der Waals surface area (Å²) in [6, 6.07) is 14.2. The molecule has 3 rings (SSSR count). The smallest absolute Gasteiger partial charge is 0.249 e. The van der Waals surface area contributed by atoms with Gasteiger partial charge >= 0.3 is 0 Å². The van der Waals surface area contributed by atoms with Crippen LogP contribution >= 0.6 is 9.24 Å². The van der Waals surface area contributed by atoms with Gasteiger partial charge in [0.05, 0.1) is 5.84 Å². The zero-order chi connectivity index (χ0) is 22.4. The number of hydrogen-bond donors (Lipinski definition) is 1. The molecule has 3 unspecified atom stereocenters. The van der Waals surface area contributed by atoms with Crippen LogP contribution in [0.15, 0.2) is 72.2 Å². The summed E-state index contributed by atoms with van der Waals surface area (Å²) in [6.07, 6.45) is 3.58. The number of ketones is 1. The van der Waals surface area contributed by atoms with E-state index in [0.29, 0.717) is 16.9 Å². The molecule has 1 aromatic heterocycles. The Bertz CT molecular complexity index is 1070. The Balaban J connectivity index is 2.22. The minimum absolute atomic E-state index is 0.123. The number of aliphatic imine (C=N–C) groups is 1. The van der Waals surface area contributed by atoms with Crippen LogP contribution < -0.4 is 10.5 Å². The van der Waals surface area contributed by atoms with Crippen LogP contribution in [-0.2, 0) is 10.3 Å². The van der Waals surface area contributed by atoms with Crippen molar-refractivity contribution in [3.63, 3.8) is 0 Å². The number of ether oxygens (including phenoxy) is 1. The summed E-state index contributed by atoms with van der Waals surface area (Å²) in [5.74, 6) is 0.485. The van der Waals surface area contributed by atoms with Crippen LogP contribution in [0.4, 0.5) is 4.39 Å². The van der Waals surface area contributed by atoms with Crippen LogP contribution in [0, 0.1) is 0 Å². The predicted molar refractivity (Wildman–Crippen MR) is 123 cm³/mol. The third-order valence-electron chi connectivity index (χ3n) is 4.76. The largest absolute Gasteiger partial charge is 0.457 e. The number of benzene rings is 2. The van der Waals surface area contributed by atoms with E-state index in [-0.39, 0.29) is 18.0 Å². The number of hydrogen-bond acceptors (Lipinski definition) is 5. The molecule has 6 nitrogen and oxygen atoms in total. The van der Waals surface area contributed by atoms with E-state index < -0.39 is 11.6 Å². The van der Waals surface area contributed by atoms with Crippen LogP contribution in [0.1, 0.15) is 31.4 Å². The van der Waals surface area contributed by atoms with E-state index in [4.69, 9.17) is 10.5 Å². The quantitative estimate of drug-likeness (QED) is 0.323. The van der Waals surface area contributed by atoms with Gasteiger partial charge in [0.15, 0.2) is 11.3 Å². The molecule has 0 aliphatic heterocycles. The number of carbonyl (C=O) groups excluding carboxylic acids is 1. The highest BCUT2D eigenvalue weighted by Crippen LogP contribution is 2.38. The Morgan fingerprint density at radius 3 is 2.42 bits per heavy atom. The molecule has 0 aliphatic carbocycles. The number of carbonyl (C=O) groups is 1. The van der Waals surface area contributed by atoms with Gasteiger partial charge in [-0.05, 0) is 41.8 Å². The second kappa shape index (κ2) is 9.75. The molecular weight excluding hydrogens is 414 g/mol. The normalized spacial score (nSPS) is 14.5. The minimum Gasteiger partial charge on any atom is -0.457 e. The lowest BCUT2D eigenvalue weighted by Crippen LogP contribution is -2.37. The molecule has 8 heteroatoms. The number of aromatic nitrogens is 2. The molecular formula is C23H24FN4O2P. The molecule has 0 spiro atoms. The number of Topliss-reactive ketones (excluding diaryl/α,β-unsaturated/α-hetero) is 1. The highest BCUT2D eigenvalue weighted by Gasteiger charge is 2.41. The maximum atomic E-state index is 13.4. The van der Waals surface area contributed by atoms with Crippen LogP contribution in [0.3, 0.4) is 0 Å². The lowest BCUT2D eigenvalue weighted by molar-refractivity contribution is -0.122. The zero-order valence-corrected chi connectivity index (χ0v) is 18.5. The Morgan fingerprint density at radius 2 is 1.84 bits per heavy atom. The average Bonchev–Trinajstić information content (AvgIpc) is 2.77. The third kappa shape index (κ3) is 4.94. The number of nitrogens with two attached hydrogens (primary N) is 1. The van der Waals surface area contributed by atoms with Gasteiger partial charge in [-0.2, -0.15) is 4.39 Å². The van der Waals surface area contributed by atoms with Crippen LogP contribution in [-0.4, -0.2) is 27.7 Å². The van der Waals surface area contributed by atoms with E-state index in [1.807, 2.05) is 33.5 Å². The summed E-state index contributed by atoms with van der Waals surface area (Å²) < 4.78 is 18.3. The van der Waals surface area contributed by atoms with Gasteiger partial charge in [0, 0.05) is 24.4 Å². The number of nitrogens with zero attached hydrogens (tertiary/aromatic N) is 3. The van der Waals surface area contributed by atoms with Gasteiger partial charge in [-0.3, -0.25) is 4.79 Å². The molecule has 2 N–H and O–H groups in total. The van der Waals surface area contributed by atoms with E-state index in [1.165, 1.54) is 6.33 Å². The summed E-state index contributed by atoms with van der Waals surface area (Å²) in [4.78, 5) is 26.2. The van der Waals surface area contributed by atoms with E-state index in [0.717, 1.165) is 11.1 Å². The molecule has 0 saturated heterocycles. The first-order chi connectivity index (χ1) is 14.9. The van der Waals surface area contributed by atoms with Crippen molar-refractivity contribution in [3.05, 3.63) is 78.4 Å². The van der Waals surface area contributed by atoms with Gasteiger partial charge in [-0.15, -0.1) is 0 Å². The number of alkyl halides is 1. The molecule has 0 aliphatic rings. The highest BCUT2D eigenvalue weighted by molar-refractivity contribution is 7.16. The molecule has 0 amide bonds. The molecule has 160 valence electrons. The van der Waals surface area contributed by atoms with Crippen LogP contribution in [0.25, 0.3) is 11.1 Å². The Kier molecular flexibility index (Phi) is 7.08. The number of halogens is 1. The van der Waals surface area contributed by atoms with Crippen molar-refractivity contribution in [1.82, 2.24) is 9.97 Å². The fourth-order valence-corrected chi connectivity index (χ4v) is 3.63. The van der Waals surface area contributed by atoms with Crippen LogP contribution in [0.5, 0.6) is 5.75 Å². The SMILES string of the molecule is CCC(=O)C(N=C(C)N)(c1ccc(OC(F)P)cc1)c1cccc(-c2cncnc2)c1. The molecule has 3 atom stereocenters. The Hall–Kier alpha value is -3.18. The van der Waals surface area contributed by atoms with Gasteiger partial charge < -0.3 is 10.5 Å². The Labute approximate surface area is 183 Å². The zero-order valence-electron chi connectivity index (χ0n) is 17.3. The van der Waals surface area contributed by atoms with Gasteiger partial charge in [-0.1, -0.05) is 46.5 Å². The molecule has 31 heavy (non-hydrogen) atoms. The van der Waals surface area contributed by atoms with Gasteiger partial charge in [0.25, 0.3) is 0 Å². The van der Waals surface area contributed by atoms with Crippen LogP contribution in [0.2, 0.25) is 0 Å². The van der Waals surface area contributed by atoms with E-state index in [9.17, 15) is 9.18 Å². The fourth-order valence-electron chi connectivity index (χ4n) is 3.48. The number of rotatable bonds is 8. The second-order valence-corrected chi connectivity index (χ2v) is 7.47. The highest BCUT2D eigenvalue weighted by atomic mass is 31.0. The molecule has 2 aromatic carbocycles. The van der Waals surface area contributed by atoms with E-state index >= 15 is 0 Å². The molecule has 1 heterocycles. The molecule has 0 radical (unpaired) electrons. The monoisotopic (exact) mass is 438 g/mol. The van der Waals surface area contributed by atoms with E-state index in [2.05, 4.69) is 15.0 Å². The molecule has 0 saturated carbocycles. The lowest BCUT2D eigenvalue weighted by atomic mass is 9.78. The summed E-state index contributed by atoms with van der Waals surface area (Å²) >= 11 is 0. The van der Waals surface area contributed by atoms with Crippen molar-refractivity contribution >= 4 is 20.9 Å². The van der Waals surface area contributed by atoms with Crippen molar-refractivity contribution < 1.29 is 13.9 Å². The maximum Gasteiger partial charge on any atom is 0.249 e. The van der Waals surface area contributed by atoms with Gasteiger partial charge in [0.1, 0.15) is 12.1 Å². The fraction of sp³-hybridized carbons (Fsp3) is 0.217. The third-order valence-corrected chi connectivity index (χ3v) is 4.90. The first-order valence-corrected chi connectivity index (χ1v) is 10.4. The van der Waals surface area contributed by atoms with Crippen molar-refractivity contribution in [3.8, 4) is 16.9 Å². The van der Waals surface area contributed by atoms with Gasteiger partial charge in [0.2, 0.25) is 6.10 Å². The average molecular weight is 438 g/mol. The van der Waals surface area contributed by atoms with Crippen molar-refractivity contribution in [2.45, 2.75) is 31.9 Å². The first-order valence-electron chi connectivity index (χ1n) is 9.74. The molecule has 3 aromatic rings. The first kappa shape index (κ1) is 22.5. The molecule has 0 fully saturated rings. The standard InChI is InChI=1S/C23H24FN4O2P/c1-3-21(29)23(28-15(2)25,18-7-9-20(10-8-18)30-22(24)31)19-6-4-5-16(11-19)17-12-26-14-27-13-17/h4-14,22H,3,31H2,1-2H3,(H2,25,28). The van der Waals surface area contributed by atoms with Crippen molar-refractivity contribution in [1.29, 1.82) is 0 Å². The maximum absolute atomic E-state index is 13.4. The summed E-state index contributed by atoms with van der Waals surface area (Å²) in [5, 5.41) is 0. The van der Waals surface area contributed by atoms with E-state index in [1.54, 1.807) is 50.5 Å². The summed E-state index contributed by atoms with van der Waals surface area (Å²) in [7, 11) is 1.93. The minimum atomic E-state index is -1.53. The number of amidine groups is 1. The topological polar surface area (TPSA) is 90.5 Å². The predicted octanol–water partition coefficient (Wildman–Crippen LogP) is 4.25. The Morgan fingerprint density at radius 1 is 1.16 bits per heavy atom. The van der Waals surface area contributed by atoms with Crippen molar-refractivity contribution in [2.24, 2.45) is 10.7 Å².